The van der Waals surface area contributed by atoms with Gasteiger partial charge in [-0.05, 0) is 45.3 Å². The first kappa shape index (κ1) is 14.5. The third-order valence-electron chi connectivity index (χ3n) is 4.67. The highest BCUT2D eigenvalue weighted by Gasteiger charge is 2.37. The van der Waals surface area contributed by atoms with Crippen LogP contribution in [0.3, 0.4) is 0 Å². The first-order valence-electron chi connectivity index (χ1n) is 7.95. The van der Waals surface area contributed by atoms with Crippen LogP contribution in [0.2, 0.25) is 0 Å². The Labute approximate surface area is 125 Å². The number of nitrogens with one attached hydrogen (secondary N) is 2. The topological polar surface area (TPSA) is 64.3 Å². The molecule has 0 aliphatic carbocycles. The first-order valence-corrected chi connectivity index (χ1v) is 7.95. The Bertz CT molecular complexity index is 455. The summed E-state index contributed by atoms with van der Waals surface area (Å²) in [5, 5.41) is 3.40. The second kappa shape index (κ2) is 6.58. The quantitative estimate of drug-likeness (QED) is 0.852. The number of hydrogen-bond acceptors (Lipinski definition) is 4. The minimum atomic E-state index is 0.0630. The van der Waals surface area contributed by atoms with Gasteiger partial charge in [-0.3, -0.25) is 9.69 Å². The van der Waals surface area contributed by atoms with Gasteiger partial charge in [0, 0.05) is 25.5 Å². The van der Waals surface area contributed by atoms with Crippen LogP contribution in [0.5, 0.6) is 0 Å². The summed E-state index contributed by atoms with van der Waals surface area (Å²) in [6.07, 6.45) is 7.96. The van der Waals surface area contributed by atoms with Gasteiger partial charge in [-0.25, -0.2) is 4.98 Å². The van der Waals surface area contributed by atoms with Crippen LogP contribution in [-0.4, -0.2) is 64.4 Å². The van der Waals surface area contributed by atoms with Crippen LogP contribution in [-0.2, 0) is 11.3 Å². The molecule has 1 atom stereocenters. The molecule has 3 rings (SSSR count). The van der Waals surface area contributed by atoms with Crippen molar-refractivity contribution in [3.63, 3.8) is 0 Å². The lowest BCUT2D eigenvalue weighted by molar-refractivity contribution is -0.136. The molecule has 1 aromatic rings. The number of likely N-dealkylation sites (tertiary alicyclic amines) is 1. The highest BCUT2D eigenvalue weighted by molar-refractivity contribution is 5.82. The molecular weight excluding hydrogens is 266 g/mol. The predicted molar refractivity (Wildman–Crippen MR) is 80.7 cm³/mol. The summed E-state index contributed by atoms with van der Waals surface area (Å²) in [6, 6.07) is 0.632. The molecule has 0 aromatic carbocycles. The van der Waals surface area contributed by atoms with Crippen molar-refractivity contribution in [2.75, 3.05) is 26.7 Å². The van der Waals surface area contributed by atoms with E-state index in [1.54, 1.807) is 12.4 Å². The normalized spacial score (nSPS) is 24.3. The van der Waals surface area contributed by atoms with Crippen molar-refractivity contribution in [2.24, 2.45) is 0 Å². The third-order valence-corrected chi connectivity index (χ3v) is 4.67. The van der Waals surface area contributed by atoms with Crippen LogP contribution in [0.4, 0.5) is 0 Å². The maximum atomic E-state index is 12.8. The Morgan fingerprint density at radius 3 is 2.95 bits per heavy atom. The van der Waals surface area contributed by atoms with Crippen LogP contribution in [0.1, 0.15) is 31.5 Å². The van der Waals surface area contributed by atoms with Crippen molar-refractivity contribution in [1.82, 2.24) is 25.1 Å². The molecule has 116 valence electrons. The summed E-state index contributed by atoms with van der Waals surface area (Å²) in [7, 11) is 1.88. The molecule has 2 aliphatic heterocycles. The number of rotatable bonds is 4. The monoisotopic (exact) mass is 291 g/mol. The van der Waals surface area contributed by atoms with E-state index < -0.39 is 0 Å². The number of carbonyl (C=O) groups is 1. The number of piperidine rings is 1. The molecular formula is C15H25N5O. The van der Waals surface area contributed by atoms with E-state index in [9.17, 15) is 4.79 Å². The van der Waals surface area contributed by atoms with Crippen LogP contribution < -0.4 is 5.32 Å². The zero-order valence-corrected chi connectivity index (χ0v) is 12.7. The van der Waals surface area contributed by atoms with Gasteiger partial charge in [-0.15, -0.1) is 0 Å². The molecule has 2 fully saturated rings. The molecule has 0 saturated carbocycles. The highest BCUT2D eigenvalue weighted by Crippen LogP contribution is 2.25. The van der Waals surface area contributed by atoms with Crippen LogP contribution in [0.25, 0.3) is 0 Å². The number of nitrogens with zero attached hydrogens (tertiary/aromatic N) is 3. The SMILES string of the molecule is CN(Cc1ncc[nH]1)C(=O)C1CCCN1C1CCNCC1. The lowest BCUT2D eigenvalue weighted by atomic mass is 10.0. The summed E-state index contributed by atoms with van der Waals surface area (Å²) >= 11 is 0. The van der Waals surface area contributed by atoms with Crippen molar-refractivity contribution in [2.45, 2.75) is 44.3 Å². The Hall–Kier alpha value is -1.40. The smallest absolute Gasteiger partial charge is 0.240 e. The molecule has 3 heterocycles. The molecule has 21 heavy (non-hydrogen) atoms. The van der Waals surface area contributed by atoms with Crippen molar-refractivity contribution in [3.8, 4) is 0 Å². The van der Waals surface area contributed by atoms with E-state index in [1.165, 1.54) is 0 Å². The number of carbonyl (C=O) groups excluding carboxylic acids is 1. The summed E-state index contributed by atoms with van der Waals surface area (Å²) < 4.78 is 0. The Balaban J connectivity index is 1.62. The van der Waals surface area contributed by atoms with Gasteiger partial charge in [-0.1, -0.05) is 0 Å². The fourth-order valence-electron chi connectivity index (χ4n) is 3.57. The van der Waals surface area contributed by atoms with Gasteiger partial charge in [0.25, 0.3) is 0 Å². The molecule has 1 aromatic heterocycles. The summed E-state index contributed by atoms with van der Waals surface area (Å²) in [5.41, 5.74) is 0. The van der Waals surface area contributed by atoms with E-state index in [0.717, 1.165) is 51.1 Å². The Morgan fingerprint density at radius 1 is 1.43 bits per heavy atom. The Morgan fingerprint density at radius 2 is 2.24 bits per heavy atom. The average molecular weight is 291 g/mol. The molecule has 2 aliphatic rings. The fourth-order valence-corrected chi connectivity index (χ4v) is 3.57. The summed E-state index contributed by atoms with van der Waals surface area (Å²) in [6.45, 7) is 3.77. The first-order chi connectivity index (χ1) is 10.3. The van der Waals surface area contributed by atoms with E-state index in [1.807, 2.05) is 11.9 Å². The van der Waals surface area contributed by atoms with Crippen molar-refractivity contribution in [3.05, 3.63) is 18.2 Å². The van der Waals surface area contributed by atoms with Gasteiger partial charge in [0.2, 0.25) is 5.91 Å². The lowest BCUT2D eigenvalue weighted by Crippen LogP contribution is -2.50. The molecule has 0 spiro atoms. The van der Waals surface area contributed by atoms with Crippen molar-refractivity contribution in [1.29, 1.82) is 0 Å². The van der Waals surface area contributed by atoms with Gasteiger partial charge in [0.1, 0.15) is 5.82 Å². The number of aromatic nitrogens is 2. The van der Waals surface area contributed by atoms with E-state index in [2.05, 4.69) is 20.2 Å². The molecule has 1 amide bonds. The predicted octanol–water partition coefficient (Wildman–Crippen LogP) is 0.584. The zero-order valence-electron chi connectivity index (χ0n) is 12.7. The number of amides is 1. The van der Waals surface area contributed by atoms with E-state index in [0.29, 0.717) is 12.6 Å². The maximum absolute atomic E-state index is 12.8. The summed E-state index contributed by atoms with van der Waals surface area (Å²) in [5.74, 6) is 1.08. The molecule has 0 bridgehead atoms. The molecule has 2 saturated heterocycles. The van der Waals surface area contributed by atoms with Crippen LogP contribution >= 0.6 is 0 Å². The maximum Gasteiger partial charge on any atom is 0.240 e. The molecule has 2 N–H and O–H groups in total. The van der Waals surface area contributed by atoms with Gasteiger partial charge in [-0.2, -0.15) is 0 Å². The second-order valence-electron chi connectivity index (χ2n) is 6.11. The number of likely N-dealkylation sites (N-methyl/N-ethyl adjacent to an activating group) is 1. The van der Waals surface area contributed by atoms with E-state index in [4.69, 9.17) is 0 Å². The van der Waals surface area contributed by atoms with Crippen LogP contribution in [0, 0.1) is 0 Å². The molecule has 6 heteroatoms. The average Bonchev–Trinajstić information content (AvgIpc) is 3.18. The minimum absolute atomic E-state index is 0.0630. The zero-order chi connectivity index (χ0) is 14.7. The largest absolute Gasteiger partial charge is 0.347 e. The van der Waals surface area contributed by atoms with Gasteiger partial charge in [0.05, 0.1) is 12.6 Å². The third kappa shape index (κ3) is 3.27. The van der Waals surface area contributed by atoms with Gasteiger partial charge < -0.3 is 15.2 Å². The number of aromatic amines is 1. The van der Waals surface area contributed by atoms with Crippen molar-refractivity contribution < 1.29 is 4.79 Å². The minimum Gasteiger partial charge on any atom is -0.347 e. The Kier molecular flexibility index (Phi) is 4.55. The number of hydrogen-bond donors (Lipinski definition) is 2. The van der Waals surface area contributed by atoms with Crippen LogP contribution in [0.15, 0.2) is 12.4 Å². The fraction of sp³-hybridized carbons (Fsp3) is 0.733. The number of H-pyrrole nitrogens is 1. The second-order valence-corrected chi connectivity index (χ2v) is 6.11. The van der Waals surface area contributed by atoms with E-state index in [-0.39, 0.29) is 11.9 Å². The lowest BCUT2D eigenvalue weighted by Gasteiger charge is -2.36. The number of imidazole rings is 1. The highest BCUT2D eigenvalue weighted by atomic mass is 16.2. The summed E-state index contributed by atoms with van der Waals surface area (Å²) in [4.78, 5) is 24.3. The molecule has 6 nitrogen and oxygen atoms in total. The standard InChI is InChI=1S/C15H25N5O/c1-19(11-14-17-8-9-18-14)15(21)13-3-2-10-20(13)12-4-6-16-7-5-12/h8-9,12-13,16H,2-7,10-11H2,1H3,(H,17,18). The van der Waals surface area contributed by atoms with E-state index >= 15 is 0 Å². The van der Waals surface area contributed by atoms with Gasteiger partial charge >= 0.3 is 0 Å². The van der Waals surface area contributed by atoms with Crippen molar-refractivity contribution >= 4 is 5.91 Å². The van der Waals surface area contributed by atoms with Gasteiger partial charge in [0.15, 0.2) is 0 Å². The molecule has 1 unspecified atom stereocenters. The molecule has 0 radical (unpaired) electrons.